The molecule has 0 aliphatic rings. The zero-order valence-corrected chi connectivity index (χ0v) is 32.1. The van der Waals surface area contributed by atoms with Crippen LogP contribution in [0.2, 0.25) is 0 Å². The average Bonchev–Trinajstić information content (AvgIpc) is 3.05. The van der Waals surface area contributed by atoms with E-state index in [-0.39, 0.29) is 18.5 Å². The van der Waals surface area contributed by atoms with Gasteiger partial charge in [-0.15, -0.1) is 0 Å². The summed E-state index contributed by atoms with van der Waals surface area (Å²) in [5.74, 6) is -0.687. The molecule has 4 nitrogen and oxygen atoms in total. The third-order valence-corrected chi connectivity index (χ3v) is 10.1. The van der Waals surface area contributed by atoms with Crippen molar-refractivity contribution < 1.29 is 19.4 Å². The molecule has 1 N–H and O–H groups in total. The van der Waals surface area contributed by atoms with Gasteiger partial charge in [0.2, 0.25) is 0 Å². The van der Waals surface area contributed by atoms with Gasteiger partial charge in [-0.05, 0) is 38.5 Å². The highest BCUT2D eigenvalue weighted by atomic mass is 16.5. The molecule has 0 saturated heterocycles. The van der Waals surface area contributed by atoms with Gasteiger partial charge in [-0.3, -0.25) is 9.59 Å². The van der Waals surface area contributed by atoms with Gasteiger partial charge < -0.3 is 9.84 Å². The van der Waals surface area contributed by atoms with Crippen LogP contribution in [-0.2, 0) is 14.3 Å². The number of hydrogen-bond acceptors (Lipinski definition) is 3. The number of carboxylic acids is 1. The Bertz CT molecular complexity index is 633. The Hall–Kier alpha value is -1.06. The van der Waals surface area contributed by atoms with Crippen molar-refractivity contribution in [3.8, 4) is 0 Å². The largest absolute Gasteiger partial charge is 0.481 e. The van der Waals surface area contributed by atoms with Gasteiger partial charge in [0.15, 0.2) is 0 Å². The maximum absolute atomic E-state index is 12.7. The summed E-state index contributed by atoms with van der Waals surface area (Å²) in [6.45, 7) is 4.56. The molecule has 0 spiro atoms. The molecule has 0 amide bonds. The zero-order chi connectivity index (χ0) is 34.3. The number of carboxylic acid groups (broad SMARTS) is 1. The molecule has 4 heteroatoms. The van der Waals surface area contributed by atoms with Crippen molar-refractivity contribution in [1.82, 2.24) is 0 Å². The fourth-order valence-corrected chi connectivity index (χ4v) is 6.89. The van der Waals surface area contributed by atoms with Gasteiger partial charge in [0.05, 0.1) is 0 Å². The van der Waals surface area contributed by atoms with Gasteiger partial charge in [0, 0.05) is 12.8 Å². The Morgan fingerprint density at radius 2 is 0.638 bits per heavy atom. The lowest BCUT2D eigenvalue weighted by Gasteiger charge is -2.18. The van der Waals surface area contributed by atoms with Crippen LogP contribution >= 0.6 is 0 Å². The highest BCUT2D eigenvalue weighted by Crippen LogP contribution is 2.19. The predicted molar refractivity (Wildman–Crippen MR) is 204 cm³/mol. The number of esters is 1. The maximum atomic E-state index is 12.7. The maximum Gasteiger partial charge on any atom is 0.306 e. The van der Waals surface area contributed by atoms with Crippen LogP contribution in [0, 0.1) is 0 Å². The number of ether oxygens (including phenoxy) is 1. The van der Waals surface area contributed by atoms with E-state index in [9.17, 15) is 9.59 Å². The summed E-state index contributed by atoms with van der Waals surface area (Å²) in [7, 11) is 0. The van der Waals surface area contributed by atoms with Crippen molar-refractivity contribution in [3.63, 3.8) is 0 Å². The van der Waals surface area contributed by atoms with Crippen molar-refractivity contribution in [2.45, 2.75) is 264 Å². The second-order valence-corrected chi connectivity index (χ2v) is 14.9. The molecular weight excluding hydrogens is 580 g/mol. The molecule has 0 aliphatic heterocycles. The van der Waals surface area contributed by atoms with Gasteiger partial charge in [0.1, 0.15) is 6.10 Å². The first-order chi connectivity index (χ1) is 23.1. The molecule has 0 aromatic heterocycles. The van der Waals surface area contributed by atoms with Crippen LogP contribution < -0.4 is 0 Å². The molecule has 0 saturated carbocycles. The first-order valence-corrected chi connectivity index (χ1v) is 21.5. The lowest BCUT2D eigenvalue weighted by atomic mass is 10.0. The molecule has 0 bridgehead atoms. The monoisotopic (exact) mass is 665 g/mol. The third-order valence-electron chi connectivity index (χ3n) is 10.1. The minimum atomic E-state index is -0.696. The summed E-state index contributed by atoms with van der Waals surface area (Å²) >= 11 is 0. The number of carbonyl (C=O) groups is 2. The molecule has 0 aromatic carbocycles. The molecule has 0 fully saturated rings. The summed E-state index contributed by atoms with van der Waals surface area (Å²) in [6.07, 6.45) is 47.1. The summed E-state index contributed by atoms with van der Waals surface area (Å²) in [5.41, 5.74) is 0. The van der Waals surface area contributed by atoms with E-state index in [1.54, 1.807) is 0 Å². The molecular formula is C43H84O4. The molecule has 1 atom stereocenters. The van der Waals surface area contributed by atoms with Crippen molar-refractivity contribution in [2.24, 2.45) is 0 Å². The van der Waals surface area contributed by atoms with Gasteiger partial charge in [-0.25, -0.2) is 0 Å². The number of carbonyl (C=O) groups excluding carboxylic acids is 1. The number of aliphatic carboxylic acids is 1. The fourth-order valence-electron chi connectivity index (χ4n) is 6.89. The van der Waals surface area contributed by atoms with Crippen molar-refractivity contribution in [1.29, 1.82) is 0 Å². The van der Waals surface area contributed by atoms with Crippen molar-refractivity contribution >= 4 is 11.9 Å². The van der Waals surface area contributed by atoms with Crippen molar-refractivity contribution in [2.75, 3.05) is 0 Å². The van der Waals surface area contributed by atoms with E-state index < -0.39 is 5.97 Å². The second kappa shape index (κ2) is 39.4. The minimum Gasteiger partial charge on any atom is -0.481 e. The van der Waals surface area contributed by atoms with Gasteiger partial charge in [-0.2, -0.15) is 0 Å². The summed E-state index contributed by atoms with van der Waals surface area (Å²) < 4.78 is 6.01. The van der Waals surface area contributed by atoms with E-state index in [0.29, 0.717) is 6.42 Å². The van der Waals surface area contributed by atoms with E-state index in [0.717, 1.165) is 64.2 Å². The SMILES string of the molecule is CCCCCCCCCCCCCCCCCCCCCCC(=O)OC(CCCCCCCCCCC)CCCCCCCC(=O)O. The van der Waals surface area contributed by atoms with Crippen LogP contribution in [0.4, 0.5) is 0 Å². The molecule has 0 radical (unpaired) electrons. The molecule has 1 unspecified atom stereocenters. The summed E-state index contributed by atoms with van der Waals surface area (Å²) in [6, 6.07) is 0. The third kappa shape index (κ3) is 39.3. The molecule has 0 aromatic rings. The Morgan fingerprint density at radius 1 is 0.383 bits per heavy atom. The minimum absolute atomic E-state index is 0.00907. The van der Waals surface area contributed by atoms with E-state index in [1.807, 2.05) is 0 Å². The first-order valence-electron chi connectivity index (χ1n) is 21.5. The standard InChI is InChI=1S/C43H84O4/c1-3-5-7-9-11-13-14-15-16-17-18-19-20-21-22-23-25-27-32-36-40-43(46)47-41(38-34-30-28-31-35-39-42(44)45)37-33-29-26-24-12-10-8-6-4-2/h41H,3-40H2,1-2H3,(H,44,45). The quantitative estimate of drug-likeness (QED) is 0.0523. The Morgan fingerprint density at radius 3 is 0.936 bits per heavy atom. The second-order valence-electron chi connectivity index (χ2n) is 14.9. The molecule has 0 aliphatic carbocycles. The zero-order valence-electron chi connectivity index (χ0n) is 32.1. The molecule has 280 valence electrons. The van der Waals surface area contributed by atoms with Gasteiger partial charge in [-0.1, -0.05) is 206 Å². The Balaban J connectivity index is 3.82. The number of unbranched alkanes of at least 4 members (excludes halogenated alkanes) is 31. The molecule has 47 heavy (non-hydrogen) atoms. The summed E-state index contributed by atoms with van der Waals surface area (Å²) in [5, 5.41) is 8.81. The molecule has 0 rings (SSSR count). The van der Waals surface area contributed by atoms with E-state index in [1.165, 1.54) is 167 Å². The number of hydrogen-bond donors (Lipinski definition) is 1. The van der Waals surface area contributed by atoms with Crippen LogP contribution in [0.1, 0.15) is 258 Å². The van der Waals surface area contributed by atoms with E-state index in [2.05, 4.69) is 13.8 Å². The van der Waals surface area contributed by atoms with Crippen LogP contribution in [0.25, 0.3) is 0 Å². The van der Waals surface area contributed by atoms with Crippen molar-refractivity contribution in [3.05, 3.63) is 0 Å². The first kappa shape index (κ1) is 45.9. The van der Waals surface area contributed by atoms with Crippen LogP contribution in [0.15, 0.2) is 0 Å². The van der Waals surface area contributed by atoms with E-state index >= 15 is 0 Å². The average molecular weight is 665 g/mol. The topological polar surface area (TPSA) is 63.6 Å². The highest BCUT2D eigenvalue weighted by molar-refractivity contribution is 5.69. The lowest BCUT2D eigenvalue weighted by Crippen LogP contribution is -2.18. The predicted octanol–water partition coefficient (Wildman–Crippen LogP) is 14.8. The van der Waals surface area contributed by atoms with Crippen LogP contribution in [-0.4, -0.2) is 23.1 Å². The van der Waals surface area contributed by atoms with Gasteiger partial charge in [0.25, 0.3) is 0 Å². The lowest BCUT2D eigenvalue weighted by molar-refractivity contribution is -0.150. The smallest absolute Gasteiger partial charge is 0.306 e. The van der Waals surface area contributed by atoms with Crippen LogP contribution in [0.3, 0.4) is 0 Å². The highest BCUT2D eigenvalue weighted by Gasteiger charge is 2.14. The fraction of sp³-hybridized carbons (Fsp3) is 0.953. The summed E-state index contributed by atoms with van der Waals surface area (Å²) in [4.78, 5) is 23.4. The van der Waals surface area contributed by atoms with E-state index in [4.69, 9.17) is 9.84 Å². The van der Waals surface area contributed by atoms with Crippen LogP contribution in [0.5, 0.6) is 0 Å². The van der Waals surface area contributed by atoms with Gasteiger partial charge >= 0.3 is 11.9 Å². The number of rotatable bonds is 40. The Kier molecular flexibility index (Phi) is 38.5. The Labute approximate surface area is 294 Å². The normalized spacial score (nSPS) is 12.0. The molecule has 0 heterocycles.